The summed E-state index contributed by atoms with van der Waals surface area (Å²) in [6.07, 6.45) is 1.44. The minimum Gasteiger partial charge on any atom is -0.497 e. The van der Waals surface area contributed by atoms with E-state index in [2.05, 4.69) is 6.58 Å². The third-order valence-electron chi connectivity index (χ3n) is 5.32. The van der Waals surface area contributed by atoms with Crippen molar-refractivity contribution in [3.63, 3.8) is 0 Å². The van der Waals surface area contributed by atoms with Gasteiger partial charge in [0.2, 0.25) is 0 Å². The van der Waals surface area contributed by atoms with Crippen molar-refractivity contribution in [2.24, 2.45) is 11.3 Å². The Kier molecular flexibility index (Phi) is 5.88. The molecule has 0 radical (unpaired) electrons. The predicted molar refractivity (Wildman–Crippen MR) is 94.6 cm³/mol. The number of allylic oxidation sites excluding steroid dienone is 1. The molecule has 0 spiro atoms. The molecule has 1 aliphatic carbocycles. The SMILES string of the molecule is C=C(C)[C@@H]1CC[C@](CC(=O)O)(C(=O)OC)C[C@H]1c1ccc(OC)cc1. The van der Waals surface area contributed by atoms with E-state index in [0.29, 0.717) is 19.3 Å². The molecule has 1 saturated carbocycles. The van der Waals surface area contributed by atoms with Gasteiger partial charge in [-0.1, -0.05) is 24.3 Å². The van der Waals surface area contributed by atoms with Crippen molar-refractivity contribution in [2.75, 3.05) is 14.2 Å². The first-order valence-electron chi connectivity index (χ1n) is 8.42. The highest BCUT2D eigenvalue weighted by atomic mass is 16.5. The number of rotatable bonds is 6. The second-order valence-corrected chi connectivity index (χ2v) is 6.92. The molecule has 1 N–H and O–H groups in total. The van der Waals surface area contributed by atoms with Crippen LogP contribution in [0.15, 0.2) is 36.4 Å². The molecule has 1 aromatic rings. The first-order valence-corrected chi connectivity index (χ1v) is 8.42. The number of ether oxygens (including phenoxy) is 2. The van der Waals surface area contributed by atoms with Gasteiger partial charge in [-0.05, 0) is 55.7 Å². The molecule has 1 aliphatic rings. The third-order valence-corrected chi connectivity index (χ3v) is 5.32. The van der Waals surface area contributed by atoms with Gasteiger partial charge >= 0.3 is 11.9 Å². The van der Waals surface area contributed by atoms with Crippen LogP contribution in [-0.4, -0.2) is 31.3 Å². The van der Waals surface area contributed by atoms with Crippen LogP contribution in [0.25, 0.3) is 0 Å². The number of carbonyl (C=O) groups is 2. The van der Waals surface area contributed by atoms with Crippen LogP contribution in [0.5, 0.6) is 5.75 Å². The van der Waals surface area contributed by atoms with Crippen molar-refractivity contribution in [1.82, 2.24) is 0 Å². The molecule has 1 fully saturated rings. The number of benzene rings is 1. The van der Waals surface area contributed by atoms with Crippen molar-refractivity contribution >= 4 is 11.9 Å². The zero-order valence-electron chi connectivity index (χ0n) is 15.1. The van der Waals surface area contributed by atoms with Crippen molar-refractivity contribution in [3.05, 3.63) is 42.0 Å². The lowest BCUT2D eigenvalue weighted by Gasteiger charge is -2.43. The summed E-state index contributed by atoms with van der Waals surface area (Å²) < 4.78 is 10.2. The van der Waals surface area contributed by atoms with Gasteiger partial charge in [-0.3, -0.25) is 9.59 Å². The lowest BCUT2D eigenvalue weighted by atomic mass is 9.61. The lowest BCUT2D eigenvalue weighted by Crippen LogP contribution is -2.41. The average molecular weight is 346 g/mol. The van der Waals surface area contributed by atoms with E-state index < -0.39 is 17.4 Å². The van der Waals surface area contributed by atoms with Crippen LogP contribution in [0.4, 0.5) is 0 Å². The standard InChI is InChI=1S/C20H26O5/c1-13(2)16-9-10-20(12-18(21)22,19(23)25-4)11-17(16)14-5-7-15(24-3)8-6-14/h5-8,16-17H,1,9-12H2,2-4H3,(H,21,22)/t16-,17-,20-/m0/s1. The van der Waals surface area contributed by atoms with Crippen LogP contribution in [0, 0.1) is 11.3 Å². The number of carboxylic acids is 1. The molecule has 0 aromatic heterocycles. The van der Waals surface area contributed by atoms with Crippen LogP contribution in [0.1, 0.15) is 44.1 Å². The highest BCUT2D eigenvalue weighted by Crippen LogP contribution is 2.51. The number of esters is 1. The van der Waals surface area contributed by atoms with E-state index >= 15 is 0 Å². The van der Waals surface area contributed by atoms with E-state index in [0.717, 1.165) is 16.9 Å². The molecular formula is C20H26O5. The Morgan fingerprint density at radius 3 is 2.40 bits per heavy atom. The summed E-state index contributed by atoms with van der Waals surface area (Å²) in [6, 6.07) is 7.73. The predicted octanol–water partition coefficient (Wildman–Crippen LogP) is 3.79. The van der Waals surface area contributed by atoms with Gasteiger partial charge in [-0.15, -0.1) is 0 Å². The molecule has 0 saturated heterocycles. The summed E-state index contributed by atoms with van der Waals surface area (Å²) in [7, 11) is 2.93. The van der Waals surface area contributed by atoms with Gasteiger partial charge in [0, 0.05) is 0 Å². The summed E-state index contributed by atoms with van der Waals surface area (Å²) in [4.78, 5) is 23.8. The van der Waals surface area contributed by atoms with Gasteiger partial charge in [0.15, 0.2) is 0 Å². The first-order chi connectivity index (χ1) is 11.8. The molecule has 136 valence electrons. The molecule has 5 heteroatoms. The van der Waals surface area contributed by atoms with Crippen LogP contribution in [0.3, 0.4) is 0 Å². The highest BCUT2D eigenvalue weighted by Gasteiger charge is 2.48. The maximum absolute atomic E-state index is 12.5. The lowest BCUT2D eigenvalue weighted by molar-refractivity contribution is -0.161. The second-order valence-electron chi connectivity index (χ2n) is 6.92. The van der Waals surface area contributed by atoms with Gasteiger partial charge in [-0.25, -0.2) is 0 Å². The molecular weight excluding hydrogens is 320 g/mol. The molecule has 5 nitrogen and oxygen atoms in total. The summed E-state index contributed by atoms with van der Waals surface area (Å²) in [5.74, 6) is -0.423. The molecule has 3 atom stereocenters. The van der Waals surface area contributed by atoms with Gasteiger partial charge in [0.05, 0.1) is 26.1 Å². The highest BCUT2D eigenvalue weighted by molar-refractivity contribution is 5.83. The van der Waals surface area contributed by atoms with Crippen molar-refractivity contribution in [2.45, 2.75) is 38.5 Å². The van der Waals surface area contributed by atoms with Crippen molar-refractivity contribution in [1.29, 1.82) is 0 Å². The van der Waals surface area contributed by atoms with Crippen LogP contribution < -0.4 is 4.74 Å². The Balaban J connectivity index is 2.41. The van der Waals surface area contributed by atoms with Crippen LogP contribution >= 0.6 is 0 Å². The molecule has 1 aromatic carbocycles. The molecule has 0 heterocycles. The molecule has 0 aliphatic heterocycles. The Morgan fingerprint density at radius 1 is 1.28 bits per heavy atom. The monoisotopic (exact) mass is 346 g/mol. The number of hydrogen-bond donors (Lipinski definition) is 1. The molecule has 2 rings (SSSR count). The third kappa shape index (κ3) is 4.03. The number of carbonyl (C=O) groups excluding carboxylic acids is 1. The fourth-order valence-corrected chi connectivity index (χ4v) is 4.01. The maximum atomic E-state index is 12.5. The minimum absolute atomic E-state index is 0.0237. The number of methoxy groups -OCH3 is 2. The first kappa shape index (κ1) is 19.0. The van der Waals surface area contributed by atoms with Crippen molar-refractivity contribution in [3.8, 4) is 5.75 Å². The molecule has 0 amide bonds. The van der Waals surface area contributed by atoms with Crippen LogP contribution in [0.2, 0.25) is 0 Å². The van der Waals surface area contributed by atoms with Gasteiger partial charge in [-0.2, -0.15) is 0 Å². The Hall–Kier alpha value is -2.30. The Morgan fingerprint density at radius 2 is 1.92 bits per heavy atom. The topological polar surface area (TPSA) is 72.8 Å². The van der Waals surface area contributed by atoms with E-state index in [9.17, 15) is 14.7 Å². The zero-order chi connectivity index (χ0) is 18.6. The normalized spacial score (nSPS) is 25.9. The Labute approximate surface area is 148 Å². The summed E-state index contributed by atoms with van der Waals surface area (Å²) >= 11 is 0. The second kappa shape index (κ2) is 7.72. The van der Waals surface area contributed by atoms with E-state index in [4.69, 9.17) is 9.47 Å². The van der Waals surface area contributed by atoms with Crippen LogP contribution in [-0.2, 0) is 14.3 Å². The number of hydrogen-bond acceptors (Lipinski definition) is 4. The van der Waals surface area contributed by atoms with E-state index in [1.165, 1.54) is 7.11 Å². The smallest absolute Gasteiger partial charge is 0.312 e. The van der Waals surface area contributed by atoms with Gasteiger partial charge < -0.3 is 14.6 Å². The average Bonchev–Trinajstić information content (AvgIpc) is 2.60. The minimum atomic E-state index is -0.989. The largest absolute Gasteiger partial charge is 0.497 e. The summed E-state index contributed by atoms with van der Waals surface area (Å²) in [6.45, 7) is 6.09. The maximum Gasteiger partial charge on any atom is 0.312 e. The van der Waals surface area contributed by atoms with E-state index in [1.54, 1.807) is 7.11 Å². The van der Waals surface area contributed by atoms with Gasteiger partial charge in [0.25, 0.3) is 0 Å². The summed E-state index contributed by atoms with van der Waals surface area (Å²) in [5.41, 5.74) is 1.12. The fraction of sp³-hybridized carbons (Fsp3) is 0.500. The zero-order valence-corrected chi connectivity index (χ0v) is 15.1. The molecule has 0 unspecified atom stereocenters. The van der Waals surface area contributed by atoms with E-state index in [-0.39, 0.29) is 18.3 Å². The fourth-order valence-electron chi connectivity index (χ4n) is 4.01. The van der Waals surface area contributed by atoms with E-state index in [1.807, 2.05) is 31.2 Å². The van der Waals surface area contributed by atoms with Gasteiger partial charge in [0.1, 0.15) is 5.75 Å². The molecule has 25 heavy (non-hydrogen) atoms. The number of carboxylic acid groups (broad SMARTS) is 1. The van der Waals surface area contributed by atoms with Crippen molar-refractivity contribution < 1.29 is 24.2 Å². The quantitative estimate of drug-likeness (QED) is 0.627. The number of aliphatic carboxylic acids is 1. The molecule has 0 bridgehead atoms. The summed E-state index contributed by atoms with van der Waals surface area (Å²) in [5, 5.41) is 9.33. The Bertz CT molecular complexity index is 649.